The van der Waals surface area contributed by atoms with E-state index < -0.39 is 11.7 Å². The van der Waals surface area contributed by atoms with Gasteiger partial charge in [-0.2, -0.15) is 18.3 Å². The Bertz CT molecular complexity index is 1160. The van der Waals surface area contributed by atoms with Gasteiger partial charge in [0, 0.05) is 36.3 Å². The predicted octanol–water partition coefficient (Wildman–Crippen LogP) is 5.19. The summed E-state index contributed by atoms with van der Waals surface area (Å²) in [7, 11) is 1.76. The number of carbonyl (C=O) groups excluding carboxylic acids is 1. The fraction of sp³-hybridized carbons (Fsp3) is 0.318. The minimum Gasteiger partial charge on any atom is -0.305 e. The summed E-state index contributed by atoms with van der Waals surface area (Å²) in [6, 6.07) is 8.42. The average Bonchev–Trinajstić information content (AvgIpc) is 3.42. The summed E-state index contributed by atoms with van der Waals surface area (Å²) in [5, 5.41) is 6.93. The van der Waals surface area contributed by atoms with Crippen molar-refractivity contribution in [1.29, 1.82) is 0 Å². The number of alkyl halides is 3. The van der Waals surface area contributed by atoms with Crippen molar-refractivity contribution in [1.82, 2.24) is 14.8 Å². The van der Waals surface area contributed by atoms with Crippen molar-refractivity contribution in [2.24, 2.45) is 7.05 Å². The van der Waals surface area contributed by atoms with Crippen LogP contribution in [0.2, 0.25) is 0 Å². The number of nitrogens with one attached hydrogen (secondary N) is 1. The molecule has 2 aliphatic rings. The lowest BCUT2D eigenvalue weighted by Gasteiger charge is -2.24. The number of hydrogen-bond acceptors (Lipinski definition) is 3. The number of rotatable bonds is 2. The molecule has 2 atom stereocenters. The molecule has 3 heterocycles. The van der Waals surface area contributed by atoms with Gasteiger partial charge >= 0.3 is 12.2 Å². The highest BCUT2D eigenvalue weighted by Crippen LogP contribution is 2.49. The lowest BCUT2D eigenvalue weighted by molar-refractivity contribution is -0.137. The molecule has 5 rings (SSSR count). The Balaban J connectivity index is 1.52. The number of hydrogen-bond donors (Lipinski definition) is 1. The van der Waals surface area contributed by atoms with Crippen LogP contribution in [-0.2, 0) is 13.2 Å². The number of benzene rings is 1. The largest absolute Gasteiger partial charge is 0.416 e. The molecular weight excluding hydrogens is 407 g/mol. The molecule has 2 unspecified atom stereocenters. The van der Waals surface area contributed by atoms with Crippen LogP contribution in [-0.4, -0.2) is 26.8 Å². The topological polar surface area (TPSA) is 63.1 Å². The zero-order chi connectivity index (χ0) is 21.8. The molecule has 0 spiro atoms. The molecule has 0 bridgehead atoms. The Morgan fingerprint density at radius 2 is 2.03 bits per heavy atom. The van der Waals surface area contributed by atoms with E-state index in [2.05, 4.69) is 15.4 Å². The van der Waals surface area contributed by atoms with Gasteiger partial charge < -0.3 is 5.32 Å². The van der Waals surface area contributed by atoms with Crippen LogP contribution < -0.4 is 10.2 Å². The summed E-state index contributed by atoms with van der Waals surface area (Å²) in [5.74, 6) is 0.712. The van der Waals surface area contributed by atoms with Crippen LogP contribution in [0.1, 0.15) is 36.3 Å². The van der Waals surface area contributed by atoms with E-state index in [1.165, 1.54) is 6.07 Å². The first-order valence-electron chi connectivity index (χ1n) is 10.1. The summed E-state index contributed by atoms with van der Waals surface area (Å²) in [6.07, 6.45) is 1.67. The van der Waals surface area contributed by atoms with Crippen molar-refractivity contribution < 1.29 is 18.0 Å². The first-order chi connectivity index (χ1) is 14.8. The molecule has 1 saturated carbocycles. The number of carbonyl (C=O) groups is 1. The Morgan fingerprint density at radius 1 is 1.19 bits per heavy atom. The zero-order valence-electron chi connectivity index (χ0n) is 16.7. The Morgan fingerprint density at radius 3 is 2.77 bits per heavy atom. The summed E-state index contributed by atoms with van der Waals surface area (Å²) >= 11 is 0. The van der Waals surface area contributed by atoms with Crippen LogP contribution in [0.3, 0.4) is 0 Å². The molecule has 1 aliphatic heterocycles. The van der Waals surface area contributed by atoms with Crippen molar-refractivity contribution in [2.45, 2.75) is 37.4 Å². The van der Waals surface area contributed by atoms with Gasteiger partial charge in [-0.05, 0) is 31.0 Å². The van der Waals surface area contributed by atoms with Gasteiger partial charge in [-0.15, -0.1) is 0 Å². The molecule has 31 heavy (non-hydrogen) atoms. The van der Waals surface area contributed by atoms with E-state index in [1.54, 1.807) is 41.2 Å². The van der Waals surface area contributed by atoms with Gasteiger partial charge in [0.05, 0.1) is 23.1 Å². The molecule has 6 nitrogen and oxygen atoms in total. The van der Waals surface area contributed by atoms with E-state index in [0.29, 0.717) is 22.8 Å². The van der Waals surface area contributed by atoms with E-state index in [-0.39, 0.29) is 18.0 Å². The zero-order valence-corrected chi connectivity index (χ0v) is 16.7. The van der Waals surface area contributed by atoms with Crippen LogP contribution in [0, 0.1) is 0 Å². The van der Waals surface area contributed by atoms with Gasteiger partial charge in [-0.25, -0.2) is 9.78 Å². The summed E-state index contributed by atoms with van der Waals surface area (Å²) < 4.78 is 41.0. The molecule has 1 N–H and O–H groups in total. The number of urea groups is 1. The Hall–Kier alpha value is -3.36. The first-order valence-corrected chi connectivity index (χ1v) is 10.1. The third kappa shape index (κ3) is 3.43. The smallest absolute Gasteiger partial charge is 0.305 e. The number of fused-ring (bicyclic) bond motifs is 3. The molecule has 160 valence electrons. The van der Waals surface area contributed by atoms with Crippen molar-refractivity contribution in [3.05, 3.63) is 59.9 Å². The maximum absolute atomic E-state index is 13.2. The summed E-state index contributed by atoms with van der Waals surface area (Å²) in [4.78, 5) is 19.5. The first kappa shape index (κ1) is 19.6. The highest BCUT2D eigenvalue weighted by atomic mass is 19.4. The maximum atomic E-state index is 13.2. The third-order valence-corrected chi connectivity index (χ3v) is 6.00. The molecule has 2 aromatic heterocycles. The van der Waals surface area contributed by atoms with Crippen molar-refractivity contribution in [3.8, 4) is 11.3 Å². The van der Waals surface area contributed by atoms with E-state index in [0.717, 1.165) is 37.0 Å². The van der Waals surface area contributed by atoms with E-state index in [1.807, 2.05) is 6.07 Å². The lowest BCUT2D eigenvalue weighted by atomic mass is 9.98. The molecular formula is C22H20F3N5O. The summed E-state index contributed by atoms with van der Waals surface area (Å²) in [6.45, 7) is 0. The standard InChI is InChI=1S/C22H20F3N5O/c1-29-12-15(11-26-29)27-21(31)30-19-7-3-6-16(19)17-8-9-18(28-20(17)30)13-4-2-5-14(10-13)22(23,24)25/h2,4-5,8-12,16,19H,3,6-7H2,1H3,(H,27,31). The minimum absolute atomic E-state index is 0.00377. The summed E-state index contributed by atoms with van der Waals surface area (Å²) in [5.41, 5.74) is 1.59. The SMILES string of the molecule is Cn1cc(NC(=O)N2c3nc(-c4cccc(C(F)(F)F)c4)ccc3C3CCCC32)cn1. The van der Waals surface area contributed by atoms with Gasteiger partial charge in [0.2, 0.25) is 0 Å². The van der Waals surface area contributed by atoms with Crippen LogP contribution in [0.4, 0.5) is 29.5 Å². The molecule has 0 saturated heterocycles. The van der Waals surface area contributed by atoms with E-state index in [9.17, 15) is 18.0 Å². The minimum atomic E-state index is -4.43. The number of aromatic nitrogens is 3. The van der Waals surface area contributed by atoms with E-state index in [4.69, 9.17) is 0 Å². The van der Waals surface area contributed by atoms with Crippen molar-refractivity contribution >= 4 is 17.5 Å². The third-order valence-electron chi connectivity index (χ3n) is 6.00. The van der Waals surface area contributed by atoms with Crippen LogP contribution in [0.15, 0.2) is 48.8 Å². The number of halogens is 3. The fourth-order valence-electron chi connectivity index (χ4n) is 4.64. The number of pyridine rings is 1. The number of amides is 2. The number of nitrogens with zero attached hydrogens (tertiary/aromatic N) is 4. The molecule has 1 aromatic carbocycles. The second kappa shape index (κ2) is 7.11. The normalized spacial score (nSPS) is 19.9. The molecule has 0 radical (unpaired) electrons. The second-order valence-electron chi connectivity index (χ2n) is 8.00. The maximum Gasteiger partial charge on any atom is 0.416 e. The molecule has 9 heteroatoms. The number of anilines is 2. The fourth-order valence-corrected chi connectivity index (χ4v) is 4.64. The van der Waals surface area contributed by atoms with Gasteiger partial charge in [0.1, 0.15) is 5.82 Å². The highest BCUT2D eigenvalue weighted by molar-refractivity contribution is 6.03. The average molecular weight is 427 g/mol. The van der Waals surface area contributed by atoms with Crippen molar-refractivity contribution in [2.75, 3.05) is 10.2 Å². The molecule has 2 amide bonds. The van der Waals surface area contributed by atoms with Crippen molar-refractivity contribution in [3.63, 3.8) is 0 Å². The van der Waals surface area contributed by atoms with E-state index >= 15 is 0 Å². The molecule has 1 fully saturated rings. The quantitative estimate of drug-likeness (QED) is 0.612. The Kier molecular flexibility index (Phi) is 4.49. The van der Waals surface area contributed by atoms with Crippen LogP contribution in [0.5, 0.6) is 0 Å². The number of aryl methyl sites for hydroxylation is 1. The van der Waals surface area contributed by atoms with Gasteiger partial charge in [-0.3, -0.25) is 9.58 Å². The monoisotopic (exact) mass is 427 g/mol. The highest BCUT2D eigenvalue weighted by Gasteiger charge is 2.45. The van der Waals surface area contributed by atoms with Crippen LogP contribution in [0.25, 0.3) is 11.3 Å². The van der Waals surface area contributed by atoms with Gasteiger partial charge in [-0.1, -0.05) is 24.6 Å². The predicted molar refractivity (Wildman–Crippen MR) is 110 cm³/mol. The second-order valence-corrected chi connectivity index (χ2v) is 8.00. The van der Waals surface area contributed by atoms with Gasteiger partial charge in [0.25, 0.3) is 0 Å². The van der Waals surface area contributed by atoms with Crippen LogP contribution >= 0.6 is 0 Å². The lowest BCUT2D eigenvalue weighted by Crippen LogP contribution is -2.40. The molecule has 3 aromatic rings. The van der Waals surface area contributed by atoms with Gasteiger partial charge in [0.15, 0.2) is 0 Å². The Labute approximate surface area is 176 Å². The molecule has 1 aliphatic carbocycles.